The van der Waals surface area contributed by atoms with Gasteiger partial charge in [0.1, 0.15) is 11.6 Å². The number of methoxy groups -OCH3 is 1. The van der Waals surface area contributed by atoms with Gasteiger partial charge in [0.25, 0.3) is 0 Å². The number of hydrogen-bond donors (Lipinski definition) is 2. The van der Waals surface area contributed by atoms with Gasteiger partial charge in [-0.15, -0.1) is 34.2 Å². The molecule has 2 N–H and O–H groups in total. The van der Waals surface area contributed by atoms with E-state index in [1.54, 1.807) is 14.2 Å². The Morgan fingerprint density at radius 3 is 2.84 bits per heavy atom. The Hall–Kier alpha value is -1.84. The van der Waals surface area contributed by atoms with Crippen LogP contribution in [-0.4, -0.2) is 34.9 Å². The van der Waals surface area contributed by atoms with Gasteiger partial charge >= 0.3 is 0 Å². The topological polar surface area (TPSA) is 76.4 Å². The molecule has 0 spiro atoms. The molecule has 1 aliphatic heterocycles. The molecule has 0 radical (unpaired) electrons. The second kappa shape index (κ2) is 9.02. The predicted molar refractivity (Wildman–Crippen MR) is 109 cm³/mol. The average molecular weight is 456 g/mol. The first-order valence-electron chi connectivity index (χ1n) is 8.20. The molecule has 3 rings (SSSR count). The molecule has 0 unspecified atom stereocenters. The van der Waals surface area contributed by atoms with Crippen LogP contribution in [0.4, 0.5) is 0 Å². The monoisotopic (exact) mass is 456 g/mol. The fraction of sp³-hybridized carbons (Fsp3) is 0.471. The third kappa shape index (κ3) is 4.62. The van der Waals surface area contributed by atoms with Crippen LogP contribution in [0.5, 0.6) is 5.75 Å². The Kier molecular flexibility index (Phi) is 7.03. The summed E-state index contributed by atoms with van der Waals surface area (Å²) < 4.78 is 7.62. The van der Waals surface area contributed by atoms with E-state index in [4.69, 9.17) is 4.74 Å². The predicted octanol–water partition coefficient (Wildman–Crippen LogP) is 2.02. The minimum Gasteiger partial charge on any atom is -0.496 e. The van der Waals surface area contributed by atoms with Gasteiger partial charge in [-0.3, -0.25) is 4.99 Å². The molecule has 1 aromatic carbocycles. The summed E-state index contributed by atoms with van der Waals surface area (Å²) in [6, 6.07) is 6.18. The number of aliphatic imine (C=N–C) groups is 1. The number of nitrogens with one attached hydrogen (secondary N) is 2. The molecule has 25 heavy (non-hydrogen) atoms. The highest BCUT2D eigenvalue weighted by atomic mass is 127. The molecule has 7 nitrogen and oxygen atoms in total. The van der Waals surface area contributed by atoms with Crippen LogP contribution in [0.1, 0.15) is 29.2 Å². The lowest BCUT2D eigenvalue weighted by Crippen LogP contribution is -2.37. The summed E-state index contributed by atoms with van der Waals surface area (Å²) in [7, 11) is 3.45. The fourth-order valence-electron chi connectivity index (χ4n) is 2.90. The molecule has 1 aromatic heterocycles. The lowest BCUT2D eigenvalue weighted by Gasteiger charge is -2.14. The molecule has 0 amide bonds. The Morgan fingerprint density at radius 1 is 1.28 bits per heavy atom. The zero-order valence-electron chi connectivity index (χ0n) is 14.9. The summed E-state index contributed by atoms with van der Waals surface area (Å²) in [4.78, 5) is 4.27. The third-order valence-corrected chi connectivity index (χ3v) is 4.21. The van der Waals surface area contributed by atoms with Gasteiger partial charge in [-0.25, -0.2) is 0 Å². The number of benzene rings is 1. The van der Waals surface area contributed by atoms with E-state index in [-0.39, 0.29) is 24.0 Å². The van der Waals surface area contributed by atoms with E-state index in [1.165, 1.54) is 5.56 Å². The van der Waals surface area contributed by atoms with Gasteiger partial charge in [0.2, 0.25) is 0 Å². The lowest BCUT2D eigenvalue weighted by atomic mass is 10.1. The highest BCUT2D eigenvalue weighted by Crippen LogP contribution is 2.19. The maximum Gasteiger partial charge on any atom is 0.191 e. The first-order chi connectivity index (χ1) is 11.7. The lowest BCUT2D eigenvalue weighted by molar-refractivity contribution is 0.408. The van der Waals surface area contributed by atoms with Crippen molar-refractivity contribution in [2.75, 3.05) is 14.2 Å². The molecule has 1 aliphatic rings. The van der Waals surface area contributed by atoms with Crippen molar-refractivity contribution in [3.8, 4) is 5.75 Å². The van der Waals surface area contributed by atoms with Gasteiger partial charge in [-0.05, 0) is 25.0 Å². The second-order valence-corrected chi connectivity index (χ2v) is 5.88. The summed E-state index contributed by atoms with van der Waals surface area (Å²) in [5.41, 5.74) is 2.27. The number of aryl methyl sites for hydroxylation is 2. The van der Waals surface area contributed by atoms with Crippen LogP contribution in [0.3, 0.4) is 0 Å². The molecule has 0 fully saturated rings. The standard InChI is InChI=1S/C17H24N6O.HI/c1-12-6-7-13(14(9-12)24-3)10-19-17(18-2)20-11-16-22-21-15-5-4-8-23(15)16;/h6-7,9H,4-5,8,10-11H2,1-3H3,(H2,18,19,20);1H. The van der Waals surface area contributed by atoms with Gasteiger partial charge in [0.15, 0.2) is 11.8 Å². The van der Waals surface area contributed by atoms with E-state index < -0.39 is 0 Å². The molecule has 2 heterocycles. The summed E-state index contributed by atoms with van der Waals surface area (Å²) in [5.74, 6) is 3.65. The van der Waals surface area contributed by atoms with Crippen LogP contribution in [0.2, 0.25) is 0 Å². The molecule has 0 atom stereocenters. The maximum atomic E-state index is 5.44. The fourth-order valence-corrected chi connectivity index (χ4v) is 2.90. The van der Waals surface area contributed by atoms with Crippen LogP contribution in [0.15, 0.2) is 23.2 Å². The Bertz CT molecular complexity index is 743. The van der Waals surface area contributed by atoms with Crippen molar-refractivity contribution in [3.05, 3.63) is 41.0 Å². The summed E-state index contributed by atoms with van der Waals surface area (Å²) in [6.45, 7) is 4.31. The minimum absolute atomic E-state index is 0. The van der Waals surface area contributed by atoms with Crippen molar-refractivity contribution in [2.45, 2.75) is 39.4 Å². The Balaban J connectivity index is 0.00000225. The van der Waals surface area contributed by atoms with Gasteiger partial charge < -0.3 is 19.9 Å². The SMILES string of the molecule is CN=C(NCc1ccc(C)cc1OC)NCc1nnc2n1CCC2.I. The second-order valence-electron chi connectivity index (χ2n) is 5.88. The summed E-state index contributed by atoms with van der Waals surface area (Å²) in [6.07, 6.45) is 2.17. The van der Waals surface area contributed by atoms with E-state index in [0.717, 1.165) is 48.3 Å². The molecular weight excluding hydrogens is 431 g/mol. The summed E-state index contributed by atoms with van der Waals surface area (Å²) >= 11 is 0. The highest BCUT2D eigenvalue weighted by molar-refractivity contribution is 14.0. The normalized spacial score (nSPS) is 13.2. The number of nitrogens with zero attached hydrogens (tertiary/aromatic N) is 4. The van der Waals surface area contributed by atoms with Crippen molar-refractivity contribution in [1.29, 1.82) is 0 Å². The van der Waals surface area contributed by atoms with E-state index in [0.29, 0.717) is 13.1 Å². The zero-order valence-corrected chi connectivity index (χ0v) is 17.2. The quantitative estimate of drug-likeness (QED) is 0.409. The van der Waals surface area contributed by atoms with Crippen LogP contribution in [0.25, 0.3) is 0 Å². The summed E-state index contributed by atoms with van der Waals surface area (Å²) in [5, 5.41) is 15.1. The van der Waals surface area contributed by atoms with E-state index in [9.17, 15) is 0 Å². The smallest absolute Gasteiger partial charge is 0.191 e. The zero-order chi connectivity index (χ0) is 16.9. The van der Waals surface area contributed by atoms with Crippen molar-refractivity contribution < 1.29 is 4.74 Å². The molecule has 8 heteroatoms. The van der Waals surface area contributed by atoms with Crippen molar-refractivity contribution in [2.24, 2.45) is 4.99 Å². The molecular formula is C17H25IN6O. The number of rotatable bonds is 5. The number of aromatic nitrogens is 3. The number of hydrogen-bond acceptors (Lipinski definition) is 4. The maximum absolute atomic E-state index is 5.44. The van der Waals surface area contributed by atoms with Gasteiger partial charge in [0.05, 0.1) is 13.7 Å². The van der Waals surface area contributed by atoms with E-state index in [2.05, 4.69) is 49.4 Å². The molecule has 0 saturated heterocycles. The van der Waals surface area contributed by atoms with Crippen LogP contribution in [0, 0.1) is 6.92 Å². The molecule has 2 aromatic rings. The largest absolute Gasteiger partial charge is 0.496 e. The number of fused-ring (bicyclic) bond motifs is 1. The number of halogens is 1. The molecule has 0 aliphatic carbocycles. The average Bonchev–Trinajstić information content (AvgIpc) is 3.20. The van der Waals surface area contributed by atoms with Crippen molar-refractivity contribution >= 4 is 29.9 Å². The van der Waals surface area contributed by atoms with Crippen LogP contribution < -0.4 is 15.4 Å². The van der Waals surface area contributed by atoms with Gasteiger partial charge in [-0.1, -0.05) is 12.1 Å². The molecule has 136 valence electrons. The Morgan fingerprint density at radius 2 is 2.08 bits per heavy atom. The number of ether oxygens (including phenoxy) is 1. The van der Waals surface area contributed by atoms with Gasteiger partial charge in [0, 0.05) is 32.1 Å². The highest BCUT2D eigenvalue weighted by Gasteiger charge is 2.17. The van der Waals surface area contributed by atoms with Crippen molar-refractivity contribution in [1.82, 2.24) is 25.4 Å². The molecule has 0 saturated carbocycles. The number of guanidine groups is 1. The molecule has 0 bridgehead atoms. The first-order valence-corrected chi connectivity index (χ1v) is 8.20. The van der Waals surface area contributed by atoms with Crippen LogP contribution in [-0.2, 0) is 26.1 Å². The Labute approximate surface area is 165 Å². The van der Waals surface area contributed by atoms with Gasteiger partial charge in [-0.2, -0.15) is 0 Å². The first kappa shape index (κ1) is 19.5. The third-order valence-electron chi connectivity index (χ3n) is 4.21. The van der Waals surface area contributed by atoms with Crippen LogP contribution >= 0.6 is 24.0 Å². The van der Waals surface area contributed by atoms with E-state index >= 15 is 0 Å². The van der Waals surface area contributed by atoms with Crippen molar-refractivity contribution in [3.63, 3.8) is 0 Å². The minimum atomic E-state index is 0. The van der Waals surface area contributed by atoms with E-state index in [1.807, 2.05) is 6.07 Å².